The first-order valence-corrected chi connectivity index (χ1v) is 4.10. The Morgan fingerprint density at radius 3 is 2.60 bits per heavy atom. The highest BCUT2D eigenvalue weighted by molar-refractivity contribution is 6.32. The zero-order valence-corrected chi connectivity index (χ0v) is 7.90. The molecule has 0 spiro atoms. The van der Waals surface area contributed by atoms with Gasteiger partial charge < -0.3 is 10.1 Å². The molecule has 1 amide bonds. The summed E-state index contributed by atoms with van der Waals surface area (Å²) < 4.78 is 4.40. The molecular formula is C8H10N4O3. The predicted molar refractivity (Wildman–Crippen MR) is 47.5 cm³/mol. The topological polar surface area (TPSA) is 129 Å². The largest absolute Gasteiger partial charge is 0.439 e. The van der Waals surface area contributed by atoms with Crippen LogP contribution in [0, 0.1) is 22.7 Å². The lowest BCUT2D eigenvalue weighted by Crippen LogP contribution is -2.37. The van der Waals surface area contributed by atoms with Gasteiger partial charge in [0, 0.05) is 6.54 Å². The number of ether oxygens (including phenoxy) is 1. The summed E-state index contributed by atoms with van der Waals surface area (Å²) in [5.74, 6) is -2.13. The monoisotopic (exact) mass is 210 g/mol. The van der Waals surface area contributed by atoms with Gasteiger partial charge in [0.1, 0.15) is 0 Å². The molecule has 1 atom stereocenters. The van der Waals surface area contributed by atoms with Crippen LogP contribution >= 0.6 is 0 Å². The fourth-order valence-electron chi connectivity index (χ4n) is 0.627. The summed E-state index contributed by atoms with van der Waals surface area (Å²) in [5.41, 5.74) is 5.18. The lowest BCUT2D eigenvalue weighted by atomic mass is 10.4. The Balaban J connectivity index is 3.85. The van der Waals surface area contributed by atoms with Gasteiger partial charge in [0.2, 0.25) is 0 Å². The lowest BCUT2D eigenvalue weighted by molar-refractivity contribution is -0.158. The van der Waals surface area contributed by atoms with E-state index in [2.05, 4.69) is 10.1 Å². The molecule has 1 unspecified atom stereocenters. The first-order valence-electron chi connectivity index (χ1n) is 4.10. The Bertz CT molecular complexity index is 315. The maximum Gasteiger partial charge on any atom is 0.398 e. The second-order valence-corrected chi connectivity index (χ2v) is 2.47. The van der Waals surface area contributed by atoms with Crippen LogP contribution < -0.4 is 11.1 Å². The van der Waals surface area contributed by atoms with E-state index in [-0.39, 0.29) is 19.4 Å². The van der Waals surface area contributed by atoms with Crippen LogP contribution in [-0.4, -0.2) is 24.6 Å². The number of rotatable bonds is 4. The number of nitrogens with zero attached hydrogens (tertiary/aromatic N) is 2. The summed E-state index contributed by atoms with van der Waals surface area (Å²) in [6.07, 6.45) is -1.19. The van der Waals surface area contributed by atoms with Gasteiger partial charge in [-0.25, -0.2) is 4.79 Å². The second-order valence-electron chi connectivity index (χ2n) is 2.47. The smallest absolute Gasteiger partial charge is 0.398 e. The van der Waals surface area contributed by atoms with Crippen LogP contribution in [0.25, 0.3) is 0 Å². The number of nitrogens with two attached hydrogens (primary N) is 1. The third-order valence-corrected chi connectivity index (χ3v) is 1.26. The zero-order valence-electron chi connectivity index (χ0n) is 7.90. The first-order chi connectivity index (χ1) is 7.11. The highest BCUT2D eigenvalue weighted by atomic mass is 16.6. The second kappa shape index (κ2) is 7.30. The van der Waals surface area contributed by atoms with Gasteiger partial charge in [0.05, 0.1) is 25.0 Å². The van der Waals surface area contributed by atoms with Crippen molar-refractivity contribution in [1.29, 1.82) is 10.5 Å². The van der Waals surface area contributed by atoms with E-state index in [4.69, 9.17) is 16.3 Å². The van der Waals surface area contributed by atoms with Crippen LogP contribution in [-0.2, 0) is 14.3 Å². The van der Waals surface area contributed by atoms with Crippen LogP contribution in [0.3, 0.4) is 0 Å². The van der Waals surface area contributed by atoms with Crippen molar-refractivity contribution in [3.05, 3.63) is 0 Å². The maximum atomic E-state index is 10.9. The summed E-state index contributed by atoms with van der Waals surface area (Å²) in [6.45, 7) is 0.0674. The molecule has 0 heterocycles. The SMILES string of the molecule is N#CCCNC(=O)C(=O)OC(N)CC#N. The van der Waals surface area contributed by atoms with E-state index in [0.29, 0.717) is 0 Å². The molecule has 0 saturated heterocycles. The van der Waals surface area contributed by atoms with Crippen molar-refractivity contribution in [2.75, 3.05) is 6.54 Å². The van der Waals surface area contributed by atoms with Crippen molar-refractivity contribution in [3.63, 3.8) is 0 Å². The molecule has 0 aromatic rings. The Labute approximate surface area is 86.4 Å². The summed E-state index contributed by atoms with van der Waals surface area (Å²) in [4.78, 5) is 21.8. The number of nitrogens with one attached hydrogen (secondary N) is 1. The minimum absolute atomic E-state index is 0.0674. The molecule has 80 valence electrons. The molecule has 0 aliphatic carbocycles. The van der Waals surface area contributed by atoms with Gasteiger partial charge in [0.25, 0.3) is 0 Å². The van der Waals surface area contributed by atoms with Gasteiger partial charge in [-0.05, 0) is 0 Å². The zero-order chi connectivity index (χ0) is 11.7. The van der Waals surface area contributed by atoms with Gasteiger partial charge in [0.15, 0.2) is 6.23 Å². The van der Waals surface area contributed by atoms with Gasteiger partial charge >= 0.3 is 11.9 Å². The van der Waals surface area contributed by atoms with E-state index in [0.717, 1.165) is 0 Å². The summed E-state index contributed by atoms with van der Waals surface area (Å²) in [5, 5.41) is 18.5. The Kier molecular flexibility index (Phi) is 6.27. The number of amides is 1. The van der Waals surface area contributed by atoms with Crippen molar-refractivity contribution in [3.8, 4) is 12.1 Å². The van der Waals surface area contributed by atoms with E-state index in [1.807, 2.05) is 0 Å². The van der Waals surface area contributed by atoms with Crippen LogP contribution in [0.4, 0.5) is 0 Å². The normalized spacial score (nSPS) is 10.6. The molecule has 0 aliphatic heterocycles. The van der Waals surface area contributed by atoms with Crippen LogP contribution in [0.2, 0.25) is 0 Å². The fraction of sp³-hybridized carbons (Fsp3) is 0.500. The molecule has 0 bridgehead atoms. The summed E-state index contributed by atoms with van der Waals surface area (Å²) in [6, 6.07) is 3.48. The van der Waals surface area contributed by atoms with E-state index < -0.39 is 18.1 Å². The van der Waals surface area contributed by atoms with Crippen molar-refractivity contribution in [2.45, 2.75) is 19.1 Å². The third kappa shape index (κ3) is 6.02. The summed E-state index contributed by atoms with van der Waals surface area (Å²) >= 11 is 0. The number of nitriles is 2. The number of hydrogen-bond acceptors (Lipinski definition) is 6. The lowest BCUT2D eigenvalue weighted by Gasteiger charge is -2.08. The average Bonchev–Trinajstić information content (AvgIpc) is 2.18. The van der Waals surface area contributed by atoms with Crippen LogP contribution in [0.15, 0.2) is 0 Å². The summed E-state index contributed by atoms with van der Waals surface area (Å²) in [7, 11) is 0. The molecule has 3 N–H and O–H groups in total. The van der Waals surface area contributed by atoms with Gasteiger partial charge in [-0.2, -0.15) is 10.5 Å². The standard InChI is InChI=1S/C8H10N4O3/c9-3-1-5-12-7(13)8(14)15-6(11)2-4-10/h6H,1-2,5,11H2,(H,12,13). The molecule has 0 radical (unpaired) electrons. The van der Waals surface area contributed by atoms with Crippen LogP contribution in [0.5, 0.6) is 0 Å². The van der Waals surface area contributed by atoms with Gasteiger partial charge in [-0.1, -0.05) is 0 Å². The molecule has 0 aromatic heterocycles. The molecule has 15 heavy (non-hydrogen) atoms. The highest BCUT2D eigenvalue weighted by Gasteiger charge is 2.17. The molecule has 0 aliphatic rings. The van der Waals surface area contributed by atoms with Crippen molar-refractivity contribution < 1.29 is 14.3 Å². The minimum Gasteiger partial charge on any atom is -0.439 e. The number of hydrogen-bond donors (Lipinski definition) is 2. The first kappa shape index (κ1) is 12.9. The van der Waals surface area contributed by atoms with Gasteiger partial charge in [-0.15, -0.1) is 0 Å². The fourth-order valence-corrected chi connectivity index (χ4v) is 0.627. The number of esters is 1. The highest BCUT2D eigenvalue weighted by Crippen LogP contribution is 1.90. The van der Waals surface area contributed by atoms with E-state index >= 15 is 0 Å². The molecule has 0 saturated carbocycles. The van der Waals surface area contributed by atoms with E-state index in [9.17, 15) is 9.59 Å². The predicted octanol–water partition coefficient (Wildman–Crippen LogP) is -1.24. The Hall–Kier alpha value is -2.12. The van der Waals surface area contributed by atoms with Crippen LogP contribution in [0.1, 0.15) is 12.8 Å². The van der Waals surface area contributed by atoms with Crippen molar-refractivity contribution in [1.82, 2.24) is 5.32 Å². The quantitative estimate of drug-likeness (QED) is 0.258. The minimum atomic E-state index is -1.16. The molecule has 0 fully saturated rings. The maximum absolute atomic E-state index is 10.9. The molecule has 7 nitrogen and oxygen atoms in total. The van der Waals surface area contributed by atoms with Crippen molar-refractivity contribution >= 4 is 11.9 Å². The van der Waals surface area contributed by atoms with Gasteiger partial charge in [-0.3, -0.25) is 10.5 Å². The molecular weight excluding hydrogens is 200 g/mol. The third-order valence-electron chi connectivity index (χ3n) is 1.26. The van der Waals surface area contributed by atoms with Crippen molar-refractivity contribution in [2.24, 2.45) is 5.73 Å². The number of carbonyl (C=O) groups is 2. The van der Waals surface area contributed by atoms with E-state index in [1.54, 1.807) is 12.1 Å². The molecule has 0 aromatic carbocycles. The molecule has 7 heteroatoms. The Morgan fingerprint density at radius 2 is 2.07 bits per heavy atom. The van der Waals surface area contributed by atoms with E-state index in [1.165, 1.54) is 0 Å². The molecule has 0 rings (SSSR count). The number of carbonyl (C=O) groups excluding carboxylic acids is 2. The average molecular weight is 210 g/mol. The Morgan fingerprint density at radius 1 is 1.40 bits per heavy atom.